The van der Waals surface area contributed by atoms with Crippen molar-refractivity contribution in [3.8, 4) is 0 Å². The Labute approximate surface area is 78.8 Å². The minimum absolute atomic E-state index is 0.230. The highest BCUT2D eigenvalue weighted by atomic mass is 32.1. The van der Waals surface area contributed by atoms with Crippen LogP contribution >= 0.6 is 11.3 Å². The number of fused-ring (bicyclic) bond motifs is 1. The largest absolute Gasteiger partial charge is 0.303 e. The number of benzene rings is 1. The van der Waals surface area contributed by atoms with Gasteiger partial charge in [0.1, 0.15) is 12.1 Å². The summed E-state index contributed by atoms with van der Waals surface area (Å²) in [6.07, 6.45) is 1.28. The number of hydrogen-bond donors (Lipinski definition) is 0. The summed E-state index contributed by atoms with van der Waals surface area (Å²) in [5.74, 6) is -0.230. The van der Waals surface area contributed by atoms with Crippen LogP contribution in [-0.2, 0) is 11.2 Å². The zero-order valence-electron chi connectivity index (χ0n) is 6.79. The third kappa shape index (κ3) is 1.60. The van der Waals surface area contributed by atoms with Crippen LogP contribution in [0, 0.1) is 5.82 Å². The molecule has 0 atom stereocenters. The van der Waals surface area contributed by atoms with Crippen LogP contribution in [0.1, 0.15) is 4.88 Å². The average molecular weight is 194 g/mol. The van der Waals surface area contributed by atoms with Gasteiger partial charge in [0, 0.05) is 16.0 Å². The highest BCUT2D eigenvalue weighted by Gasteiger charge is 2.01. The fraction of sp³-hybridized carbons (Fsp3) is 0.100. The minimum atomic E-state index is -0.230. The highest BCUT2D eigenvalue weighted by molar-refractivity contribution is 7.19. The number of aldehydes is 1. The van der Waals surface area contributed by atoms with Crippen LogP contribution in [-0.4, -0.2) is 6.29 Å². The monoisotopic (exact) mass is 194 g/mol. The summed E-state index contributed by atoms with van der Waals surface area (Å²) in [4.78, 5) is 11.2. The Morgan fingerprint density at radius 3 is 3.00 bits per heavy atom. The zero-order valence-corrected chi connectivity index (χ0v) is 7.60. The average Bonchev–Trinajstić information content (AvgIpc) is 2.46. The molecule has 0 N–H and O–H groups in total. The van der Waals surface area contributed by atoms with Gasteiger partial charge in [-0.1, -0.05) is 6.07 Å². The summed E-state index contributed by atoms with van der Waals surface area (Å²) in [5, 5.41) is 1.00. The van der Waals surface area contributed by atoms with E-state index in [0.29, 0.717) is 6.42 Å². The molecule has 2 rings (SSSR count). The first-order valence-electron chi connectivity index (χ1n) is 3.91. The molecular weight excluding hydrogens is 187 g/mol. The van der Waals surface area contributed by atoms with E-state index in [9.17, 15) is 9.18 Å². The number of thiophene rings is 1. The fourth-order valence-corrected chi connectivity index (χ4v) is 2.28. The molecule has 0 spiro atoms. The van der Waals surface area contributed by atoms with Crippen molar-refractivity contribution in [1.29, 1.82) is 0 Å². The molecule has 2 aromatic rings. The van der Waals surface area contributed by atoms with Crippen molar-refractivity contribution in [2.45, 2.75) is 6.42 Å². The summed E-state index contributed by atoms with van der Waals surface area (Å²) in [6, 6.07) is 6.58. The Morgan fingerprint density at radius 1 is 1.38 bits per heavy atom. The number of hydrogen-bond acceptors (Lipinski definition) is 2. The molecule has 0 fully saturated rings. The lowest BCUT2D eigenvalue weighted by Crippen LogP contribution is -1.76. The van der Waals surface area contributed by atoms with Crippen molar-refractivity contribution in [2.24, 2.45) is 0 Å². The normalized spacial score (nSPS) is 10.5. The van der Waals surface area contributed by atoms with Gasteiger partial charge in [-0.2, -0.15) is 0 Å². The Balaban J connectivity index is 2.55. The lowest BCUT2D eigenvalue weighted by atomic mass is 10.2. The number of carbonyl (C=O) groups excluding carboxylic acids is 1. The Bertz CT molecular complexity index is 447. The number of carbonyl (C=O) groups is 1. The molecule has 0 unspecified atom stereocenters. The second kappa shape index (κ2) is 3.26. The Kier molecular flexibility index (Phi) is 2.10. The SMILES string of the molecule is O=CCc1cc2ccc(F)cc2s1. The lowest BCUT2D eigenvalue weighted by Gasteiger charge is -1.86. The lowest BCUT2D eigenvalue weighted by molar-refractivity contribution is -0.107. The van der Waals surface area contributed by atoms with E-state index >= 15 is 0 Å². The van der Waals surface area contributed by atoms with Gasteiger partial charge in [0.15, 0.2) is 0 Å². The van der Waals surface area contributed by atoms with Gasteiger partial charge >= 0.3 is 0 Å². The molecule has 0 radical (unpaired) electrons. The number of halogens is 1. The summed E-state index contributed by atoms with van der Waals surface area (Å²) in [5.41, 5.74) is 0. The molecule has 0 aliphatic carbocycles. The molecule has 0 saturated carbocycles. The second-order valence-corrected chi connectivity index (χ2v) is 3.93. The molecule has 1 aromatic carbocycles. The summed E-state index contributed by atoms with van der Waals surface area (Å²) in [7, 11) is 0. The van der Waals surface area contributed by atoms with E-state index in [-0.39, 0.29) is 5.82 Å². The van der Waals surface area contributed by atoms with E-state index in [2.05, 4.69) is 0 Å². The van der Waals surface area contributed by atoms with Gasteiger partial charge in [-0.15, -0.1) is 11.3 Å². The molecule has 1 heterocycles. The summed E-state index contributed by atoms with van der Waals surface area (Å²) in [6.45, 7) is 0. The van der Waals surface area contributed by atoms with E-state index < -0.39 is 0 Å². The van der Waals surface area contributed by atoms with Crippen molar-refractivity contribution in [1.82, 2.24) is 0 Å². The third-order valence-corrected chi connectivity index (χ3v) is 2.94. The minimum Gasteiger partial charge on any atom is -0.303 e. The van der Waals surface area contributed by atoms with Crippen LogP contribution in [0.25, 0.3) is 10.1 Å². The van der Waals surface area contributed by atoms with Gasteiger partial charge in [-0.25, -0.2) is 4.39 Å². The second-order valence-electron chi connectivity index (χ2n) is 2.77. The first kappa shape index (κ1) is 8.38. The maximum absolute atomic E-state index is 12.8. The smallest absolute Gasteiger partial charge is 0.125 e. The topological polar surface area (TPSA) is 17.1 Å². The van der Waals surface area contributed by atoms with Gasteiger partial charge in [-0.3, -0.25) is 0 Å². The van der Waals surface area contributed by atoms with Crippen molar-refractivity contribution in [2.75, 3.05) is 0 Å². The van der Waals surface area contributed by atoms with Gasteiger partial charge in [0.05, 0.1) is 0 Å². The van der Waals surface area contributed by atoms with Gasteiger partial charge < -0.3 is 4.79 Å². The van der Waals surface area contributed by atoms with Crippen LogP contribution in [0.5, 0.6) is 0 Å². The van der Waals surface area contributed by atoms with E-state index in [4.69, 9.17) is 0 Å². The molecular formula is C10H7FOS. The maximum atomic E-state index is 12.8. The van der Waals surface area contributed by atoms with Gasteiger partial charge in [-0.05, 0) is 23.6 Å². The standard InChI is InChI=1S/C10H7FOS/c11-8-2-1-7-5-9(3-4-12)13-10(7)6-8/h1-2,4-6H,3H2. The van der Waals surface area contributed by atoms with Crippen LogP contribution in [0.15, 0.2) is 24.3 Å². The third-order valence-electron chi connectivity index (χ3n) is 1.82. The predicted molar refractivity (Wildman–Crippen MR) is 51.6 cm³/mol. The van der Waals surface area contributed by atoms with E-state index in [1.807, 2.05) is 6.07 Å². The van der Waals surface area contributed by atoms with Crippen LogP contribution in [0.2, 0.25) is 0 Å². The predicted octanol–water partition coefficient (Wildman–Crippen LogP) is 2.78. The Morgan fingerprint density at radius 2 is 2.23 bits per heavy atom. The molecule has 0 amide bonds. The van der Waals surface area contributed by atoms with E-state index in [1.54, 1.807) is 6.07 Å². The van der Waals surface area contributed by atoms with Gasteiger partial charge in [0.25, 0.3) is 0 Å². The summed E-state index contributed by atoms with van der Waals surface area (Å²) >= 11 is 1.46. The van der Waals surface area contributed by atoms with E-state index in [0.717, 1.165) is 21.2 Å². The van der Waals surface area contributed by atoms with Crippen LogP contribution in [0.4, 0.5) is 4.39 Å². The van der Waals surface area contributed by atoms with Crippen molar-refractivity contribution in [3.63, 3.8) is 0 Å². The molecule has 13 heavy (non-hydrogen) atoms. The molecule has 1 nitrogen and oxygen atoms in total. The quantitative estimate of drug-likeness (QED) is 0.672. The number of rotatable bonds is 2. The highest BCUT2D eigenvalue weighted by Crippen LogP contribution is 2.26. The first-order valence-corrected chi connectivity index (χ1v) is 4.73. The van der Waals surface area contributed by atoms with Crippen molar-refractivity contribution in [3.05, 3.63) is 35.0 Å². The van der Waals surface area contributed by atoms with Crippen LogP contribution < -0.4 is 0 Å². The van der Waals surface area contributed by atoms with Crippen LogP contribution in [0.3, 0.4) is 0 Å². The first-order chi connectivity index (χ1) is 6.29. The van der Waals surface area contributed by atoms with E-state index in [1.165, 1.54) is 23.5 Å². The van der Waals surface area contributed by atoms with Crippen molar-refractivity contribution < 1.29 is 9.18 Å². The fourth-order valence-electron chi connectivity index (χ4n) is 1.24. The van der Waals surface area contributed by atoms with Crippen molar-refractivity contribution >= 4 is 27.7 Å². The molecule has 66 valence electrons. The molecule has 1 aromatic heterocycles. The molecule has 3 heteroatoms. The maximum Gasteiger partial charge on any atom is 0.125 e. The molecule has 0 aliphatic rings. The molecule has 0 aliphatic heterocycles. The Hall–Kier alpha value is -1.22. The summed E-state index contributed by atoms with van der Waals surface area (Å²) < 4.78 is 13.7. The zero-order chi connectivity index (χ0) is 9.26. The molecule has 0 bridgehead atoms. The van der Waals surface area contributed by atoms with Gasteiger partial charge in [0.2, 0.25) is 0 Å². The molecule has 0 saturated heterocycles.